The third kappa shape index (κ3) is 3.73. The highest BCUT2D eigenvalue weighted by Gasteiger charge is 2.31. The van der Waals surface area contributed by atoms with Crippen molar-refractivity contribution in [3.63, 3.8) is 0 Å². The summed E-state index contributed by atoms with van der Waals surface area (Å²) in [4.78, 5) is 14.0. The number of likely N-dealkylation sites (N-methyl/N-ethyl adjacent to an activating group) is 1. The van der Waals surface area contributed by atoms with Gasteiger partial charge in [0.25, 0.3) is 5.91 Å². The quantitative estimate of drug-likeness (QED) is 0.865. The monoisotopic (exact) mass is 341 g/mol. The van der Waals surface area contributed by atoms with Crippen molar-refractivity contribution in [2.24, 2.45) is 0 Å². The van der Waals surface area contributed by atoms with E-state index in [9.17, 15) is 9.90 Å². The van der Waals surface area contributed by atoms with Gasteiger partial charge in [0, 0.05) is 22.6 Å². The van der Waals surface area contributed by atoms with E-state index in [2.05, 4.69) is 15.9 Å². The van der Waals surface area contributed by atoms with Gasteiger partial charge in [-0.25, -0.2) is 0 Å². The Morgan fingerprint density at radius 1 is 1.55 bits per heavy atom. The fourth-order valence-corrected chi connectivity index (χ4v) is 2.60. The molecule has 1 saturated carbocycles. The fraction of sp³-hybridized carbons (Fsp3) is 0.533. The lowest BCUT2D eigenvalue weighted by molar-refractivity contribution is -0.133. The Kier molecular flexibility index (Phi) is 5.05. The van der Waals surface area contributed by atoms with Crippen LogP contribution in [0.25, 0.3) is 0 Å². The van der Waals surface area contributed by atoms with E-state index in [4.69, 9.17) is 4.74 Å². The first-order valence-electron chi connectivity index (χ1n) is 6.92. The second kappa shape index (κ2) is 6.59. The SMILES string of the molecule is CCN(C(=O)COc1ccc(Br)cc1C(C)O)C1CC1. The number of ether oxygens (including phenoxy) is 1. The lowest BCUT2D eigenvalue weighted by atomic mass is 10.1. The van der Waals surface area contributed by atoms with E-state index < -0.39 is 6.10 Å². The summed E-state index contributed by atoms with van der Waals surface area (Å²) in [7, 11) is 0. The van der Waals surface area contributed by atoms with E-state index >= 15 is 0 Å². The number of aliphatic hydroxyl groups is 1. The van der Waals surface area contributed by atoms with Gasteiger partial charge in [0.15, 0.2) is 6.61 Å². The van der Waals surface area contributed by atoms with E-state index in [0.717, 1.165) is 23.9 Å². The molecule has 20 heavy (non-hydrogen) atoms. The van der Waals surface area contributed by atoms with Crippen LogP contribution in [0.15, 0.2) is 22.7 Å². The van der Waals surface area contributed by atoms with Gasteiger partial charge in [-0.2, -0.15) is 0 Å². The van der Waals surface area contributed by atoms with Crippen molar-refractivity contribution in [3.8, 4) is 5.75 Å². The van der Waals surface area contributed by atoms with Crippen LogP contribution in [0, 0.1) is 0 Å². The van der Waals surface area contributed by atoms with Crippen LogP contribution < -0.4 is 4.74 Å². The van der Waals surface area contributed by atoms with Crippen LogP contribution in [-0.4, -0.2) is 35.1 Å². The van der Waals surface area contributed by atoms with E-state index in [0.29, 0.717) is 17.4 Å². The number of carbonyl (C=O) groups is 1. The van der Waals surface area contributed by atoms with Crippen LogP contribution in [-0.2, 0) is 4.79 Å². The van der Waals surface area contributed by atoms with E-state index in [1.807, 2.05) is 24.0 Å². The molecular formula is C15H20BrNO3. The number of hydrogen-bond acceptors (Lipinski definition) is 3. The first-order valence-corrected chi connectivity index (χ1v) is 7.72. The third-order valence-corrected chi connectivity index (χ3v) is 3.92. The molecular weight excluding hydrogens is 322 g/mol. The average Bonchev–Trinajstić information content (AvgIpc) is 3.22. The molecule has 1 unspecified atom stereocenters. The molecule has 110 valence electrons. The van der Waals surface area contributed by atoms with E-state index in [1.165, 1.54) is 0 Å². The fourth-order valence-electron chi connectivity index (χ4n) is 2.22. The Morgan fingerprint density at radius 3 is 2.80 bits per heavy atom. The number of amides is 1. The zero-order valence-corrected chi connectivity index (χ0v) is 13.4. The Hall–Kier alpha value is -1.07. The van der Waals surface area contributed by atoms with Crippen molar-refractivity contribution in [1.82, 2.24) is 4.90 Å². The maximum Gasteiger partial charge on any atom is 0.260 e. The molecule has 2 rings (SSSR count). The number of nitrogens with zero attached hydrogens (tertiary/aromatic N) is 1. The minimum atomic E-state index is -0.636. The van der Waals surface area contributed by atoms with Crippen LogP contribution in [0.2, 0.25) is 0 Å². The maximum atomic E-state index is 12.1. The lowest BCUT2D eigenvalue weighted by Gasteiger charge is -2.21. The predicted octanol–water partition coefficient (Wildman–Crippen LogP) is 2.89. The molecule has 1 atom stereocenters. The Morgan fingerprint density at radius 2 is 2.25 bits per heavy atom. The van der Waals surface area contributed by atoms with Gasteiger partial charge in [0.05, 0.1) is 6.10 Å². The zero-order chi connectivity index (χ0) is 14.7. The number of rotatable bonds is 6. The standard InChI is InChI=1S/C15H20BrNO3/c1-3-17(12-5-6-12)15(19)9-20-14-7-4-11(16)8-13(14)10(2)18/h4,7-8,10,12,18H,3,5-6,9H2,1-2H3. The molecule has 1 aromatic carbocycles. The molecule has 1 aliphatic carbocycles. The highest BCUT2D eigenvalue weighted by molar-refractivity contribution is 9.10. The number of benzene rings is 1. The van der Waals surface area contributed by atoms with Gasteiger partial charge in [-0.3, -0.25) is 4.79 Å². The lowest BCUT2D eigenvalue weighted by Crippen LogP contribution is -2.36. The summed E-state index contributed by atoms with van der Waals surface area (Å²) in [6.45, 7) is 4.40. The molecule has 4 nitrogen and oxygen atoms in total. The molecule has 0 saturated heterocycles. The summed E-state index contributed by atoms with van der Waals surface area (Å²) >= 11 is 3.36. The summed E-state index contributed by atoms with van der Waals surface area (Å²) < 4.78 is 6.48. The van der Waals surface area contributed by atoms with Crippen LogP contribution in [0.1, 0.15) is 38.4 Å². The first kappa shape index (κ1) is 15.3. The third-order valence-electron chi connectivity index (χ3n) is 3.42. The van der Waals surface area contributed by atoms with Crippen molar-refractivity contribution in [1.29, 1.82) is 0 Å². The second-order valence-corrected chi connectivity index (χ2v) is 5.97. The number of hydrogen-bond donors (Lipinski definition) is 1. The molecule has 1 aliphatic rings. The molecule has 0 aromatic heterocycles. The smallest absolute Gasteiger partial charge is 0.260 e. The number of aliphatic hydroxyl groups excluding tert-OH is 1. The molecule has 0 heterocycles. The van der Waals surface area contributed by atoms with Crippen LogP contribution in [0.4, 0.5) is 0 Å². The predicted molar refractivity (Wildman–Crippen MR) is 80.7 cm³/mol. The maximum absolute atomic E-state index is 12.1. The van der Waals surface area contributed by atoms with Gasteiger partial charge in [-0.05, 0) is 44.9 Å². The second-order valence-electron chi connectivity index (χ2n) is 5.06. The Labute approximate surface area is 127 Å². The van der Waals surface area contributed by atoms with Crippen molar-refractivity contribution in [3.05, 3.63) is 28.2 Å². The largest absolute Gasteiger partial charge is 0.483 e. The highest BCUT2D eigenvalue weighted by Crippen LogP contribution is 2.29. The normalized spacial score (nSPS) is 15.8. The first-order chi connectivity index (χ1) is 9.52. The average molecular weight is 342 g/mol. The van der Waals surface area contributed by atoms with Gasteiger partial charge in [-0.15, -0.1) is 0 Å². The van der Waals surface area contributed by atoms with Crippen molar-refractivity contribution >= 4 is 21.8 Å². The van der Waals surface area contributed by atoms with Crippen molar-refractivity contribution in [2.75, 3.05) is 13.2 Å². The summed E-state index contributed by atoms with van der Waals surface area (Å²) in [6.07, 6.45) is 1.55. The van der Waals surface area contributed by atoms with E-state index in [-0.39, 0.29) is 12.5 Å². The van der Waals surface area contributed by atoms with Gasteiger partial charge in [-0.1, -0.05) is 15.9 Å². The summed E-state index contributed by atoms with van der Waals surface area (Å²) in [5.41, 5.74) is 0.682. The van der Waals surface area contributed by atoms with Crippen molar-refractivity contribution < 1.29 is 14.6 Å². The number of halogens is 1. The van der Waals surface area contributed by atoms with Crippen LogP contribution >= 0.6 is 15.9 Å². The zero-order valence-electron chi connectivity index (χ0n) is 11.8. The van der Waals surface area contributed by atoms with Crippen molar-refractivity contribution in [2.45, 2.75) is 38.8 Å². The molecule has 0 radical (unpaired) electrons. The molecule has 1 N–H and O–H groups in total. The van der Waals surface area contributed by atoms with Gasteiger partial charge >= 0.3 is 0 Å². The minimum absolute atomic E-state index is 0.00876. The van der Waals surface area contributed by atoms with Gasteiger partial charge in [0.2, 0.25) is 0 Å². The van der Waals surface area contributed by atoms with Gasteiger partial charge < -0.3 is 14.7 Å². The van der Waals surface area contributed by atoms with Crippen LogP contribution in [0.3, 0.4) is 0 Å². The molecule has 0 bridgehead atoms. The topological polar surface area (TPSA) is 49.8 Å². The van der Waals surface area contributed by atoms with Crippen LogP contribution in [0.5, 0.6) is 5.75 Å². The summed E-state index contributed by atoms with van der Waals surface area (Å²) in [5, 5.41) is 9.75. The highest BCUT2D eigenvalue weighted by atomic mass is 79.9. The summed E-state index contributed by atoms with van der Waals surface area (Å²) in [6, 6.07) is 5.82. The molecule has 0 spiro atoms. The molecule has 5 heteroatoms. The minimum Gasteiger partial charge on any atom is -0.483 e. The summed E-state index contributed by atoms with van der Waals surface area (Å²) in [5.74, 6) is 0.567. The molecule has 1 amide bonds. The molecule has 1 aromatic rings. The molecule has 1 fully saturated rings. The van der Waals surface area contributed by atoms with E-state index in [1.54, 1.807) is 13.0 Å². The Bertz CT molecular complexity index is 486. The molecule has 0 aliphatic heterocycles. The van der Waals surface area contributed by atoms with Gasteiger partial charge in [0.1, 0.15) is 5.75 Å². The Balaban J connectivity index is 2.01. The number of carbonyl (C=O) groups excluding carboxylic acids is 1.